The van der Waals surface area contributed by atoms with E-state index in [4.69, 9.17) is 17.5 Å². The highest BCUT2D eigenvalue weighted by atomic mass is 32.3. The molecule has 0 aromatic heterocycles. The molecular formula is C18H44N2O4S. The third-order valence-electron chi connectivity index (χ3n) is 4.58. The molecule has 0 atom stereocenters. The maximum atomic E-state index is 8.52. The molecule has 0 N–H and O–H groups in total. The number of rotatable bonds is 10. The molecule has 0 saturated heterocycles. The lowest BCUT2D eigenvalue weighted by Crippen LogP contribution is -2.44. The van der Waals surface area contributed by atoms with Crippen LogP contribution in [0.1, 0.15) is 67.2 Å². The van der Waals surface area contributed by atoms with Crippen LogP contribution in [0.15, 0.2) is 0 Å². The summed E-state index contributed by atoms with van der Waals surface area (Å²) in [5, 5.41) is 0. The Labute approximate surface area is 158 Å². The van der Waals surface area contributed by atoms with Crippen molar-refractivity contribution in [3.63, 3.8) is 0 Å². The Morgan fingerprint density at radius 1 is 0.600 bits per heavy atom. The van der Waals surface area contributed by atoms with Crippen molar-refractivity contribution in [2.24, 2.45) is 0 Å². The Hall–Kier alpha value is -0.210. The van der Waals surface area contributed by atoms with Gasteiger partial charge in [-0.2, -0.15) is 0 Å². The number of hydrogen-bond donors (Lipinski definition) is 0. The molecule has 0 amide bonds. The summed E-state index contributed by atoms with van der Waals surface area (Å²) in [7, 11) is -0.458. The van der Waals surface area contributed by atoms with Crippen LogP contribution in [0.4, 0.5) is 0 Å². The zero-order chi connectivity index (χ0) is 20.6. The average molecular weight is 385 g/mol. The fourth-order valence-corrected chi connectivity index (χ4v) is 3.02. The first-order valence-corrected chi connectivity index (χ1v) is 11.0. The third-order valence-corrected chi connectivity index (χ3v) is 4.58. The van der Waals surface area contributed by atoms with Gasteiger partial charge in [0.1, 0.15) is 0 Å². The fourth-order valence-electron chi connectivity index (χ4n) is 3.02. The van der Waals surface area contributed by atoms with Crippen LogP contribution in [0, 0.1) is 0 Å². The average Bonchev–Trinajstić information content (AvgIpc) is 2.47. The first-order valence-electron chi connectivity index (χ1n) is 9.70. The summed E-state index contributed by atoms with van der Waals surface area (Å²) in [6.07, 6.45) is 5.24. The molecule has 0 radical (unpaired) electrons. The summed E-state index contributed by atoms with van der Waals surface area (Å²) in [5.41, 5.74) is 0. The van der Waals surface area contributed by atoms with E-state index in [0.717, 1.165) is 0 Å². The van der Waals surface area contributed by atoms with Gasteiger partial charge in [0, 0.05) is 10.4 Å². The minimum absolute atomic E-state index is 1.26. The van der Waals surface area contributed by atoms with Gasteiger partial charge in [0.15, 0.2) is 0 Å². The smallest absolute Gasteiger partial charge is 0.0781 e. The second-order valence-electron chi connectivity index (χ2n) is 7.17. The van der Waals surface area contributed by atoms with Gasteiger partial charge in [-0.25, -0.2) is 0 Å². The molecule has 0 heterocycles. The minimum atomic E-state index is -5.17. The molecule has 25 heavy (non-hydrogen) atoms. The summed E-state index contributed by atoms with van der Waals surface area (Å²) in [6.45, 7) is 21.5. The third kappa shape index (κ3) is 23.8. The molecule has 0 rings (SSSR count). The fraction of sp³-hybridized carbons (Fsp3) is 1.00. The van der Waals surface area contributed by atoms with Crippen LogP contribution in [-0.2, 0) is 10.4 Å². The highest BCUT2D eigenvalue weighted by Gasteiger charge is 2.15. The topological polar surface area (TPSA) is 80.3 Å². The van der Waals surface area contributed by atoms with E-state index in [2.05, 4.69) is 55.6 Å². The van der Waals surface area contributed by atoms with Gasteiger partial charge >= 0.3 is 0 Å². The van der Waals surface area contributed by atoms with Crippen molar-refractivity contribution in [1.82, 2.24) is 0 Å². The summed E-state index contributed by atoms with van der Waals surface area (Å²) in [4.78, 5) is 0. The predicted octanol–water partition coefficient (Wildman–Crippen LogP) is 3.21. The first kappa shape index (κ1) is 29.5. The summed E-state index contributed by atoms with van der Waals surface area (Å²) >= 11 is 0. The molecule has 0 spiro atoms. The molecule has 156 valence electrons. The van der Waals surface area contributed by atoms with Gasteiger partial charge in [0.2, 0.25) is 0 Å². The molecule has 0 fully saturated rings. The van der Waals surface area contributed by atoms with Crippen molar-refractivity contribution in [3.05, 3.63) is 0 Å². The van der Waals surface area contributed by atoms with Gasteiger partial charge < -0.3 is 18.1 Å². The Morgan fingerprint density at radius 2 is 0.760 bits per heavy atom. The van der Waals surface area contributed by atoms with E-state index in [1.165, 1.54) is 73.9 Å². The van der Waals surface area contributed by atoms with Crippen molar-refractivity contribution in [2.45, 2.75) is 67.2 Å². The van der Waals surface area contributed by atoms with E-state index in [-0.39, 0.29) is 0 Å². The summed E-state index contributed by atoms with van der Waals surface area (Å²) in [6, 6.07) is 0. The van der Waals surface area contributed by atoms with E-state index in [9.17, 15) is 0 Å². The maximum absolute atomic E-state index is 8.52. The monoisotopic (exact) mass is 384 g/mol. The van der Waals surface area contributed by atoms with Crippen LogP contribution >= 0.6 is 0 Å². The zero-order valence-corrected chi connectivity index (χ0v) is 18.8. The number of quaternary nitrogens is 2. The number of nitrogens with zero attached hydrogens (tertiary/aromatic N) is 2. The van der Waals surface area contributed by atoms with E-state index >= 15 is 0 Å². The first-order chi connectivity index (χ1) is 11.4. The molecule has 6 nitrogen and oxygen atoms in total. The Kier molecular flexibility index (Phi) is 18.9. The largest absolute Gasteiger partial charge is 0.759 e. The Morgan fingerprint density at radius 3 is 0.840 bits per heavy atom. The van der Waals surface area contributed by atoms with Gasteiger partial charge in [-0.15, -0.1) is 0 Å². The van der Waals surface area contributed by atoms with Crippen LogP contribution < -0.4 is 0 Å². The number of hydrogen-bond acceptors (Lipinski definition) is 4. The molecule has 0 unspecified atom stereocenters. The van der Waals surface area contributed by atoms with E-state index < -0.39 is 10.4 Å². The molecule has 0 aliphatic carbocycles. The molecule has 7 heteroatoms. The minimum Gasteiger partial charge on any atom is -0.759 e. The lowest BCUT2D eigenvalue weighted by Gasteiger charge is -2.32. The summed E-state index contributed by atoms with van der Waals surface area (Å²) < 4.78 is 36.6. The quantitative estimate of drug-likeness (QED) is 0.329. The van der Waals surface area contributed by atoms with Crippen molar-refractivity contribution < 1.29 is 26.5 Å². The van der Waals surface area contributed by atoms with E-state index in [1.807, 2.05) is 0 Å². The van der Waals surface area contributed by atoms with Crippen molar-refractivity contribution in [2.75, 3.05) is 53.4 Å². The van der Waals surface area contributed by atoms with Crippen molar-refractivity contribution in [3.8, 4) is 0 Å². The molecule has 0 aromatic rings. The van der Waals surface area contributed by atoms with Crippen LogP contribution in [-0.4, -0.2) is 79.9 Å². The molecular weight excluding hydrogens is 340 g/mol. The van der Waals surface area contributed by atoms with Gasteiger partial charge in [-0.1, -0.05) is 27.7 Å². The lowest BCUT2D eigenvalue weighted by atomic mass is 10.3. The second kappa shape index (κ2) is 16.0. The van der Waals surface area contributed by atoms with Gasteiger partial charge in [-0.3, -0.25) is 8.42 Å². The summed E-state index contributed by atoms with van der Waals surface area (Å²) in [5.74, 6) is 0. The molecule has 0 bridgehead atoms. The SMILES string of the molecule is CCC[N+](C)(CC)CCC.CCC[N+](C)(CC)CCC.O=S(=O)([O-])[O-]. The van der Waals surface area contributed by atoms with Gasteiger partial charge in [0.05, 0.1) is 53.4 Å². The van der Waals surface area contributed by atoms with Gasteiger partial charge in [0.25, 0.3) is 0 Å². The van der Waals surface area contributed by atoms with Crippen LogP contribution in [0.2, 0.25) is 0 Å². The Balaban J connectivity index is -0.000000308. The highest BCUT2D eigenvalue weighted by Crippen LogP contribution is 2.04. The normalized spacial score (nSPS) is 11.9. The maximum Gasteiger partial charge on any atom is 0.0781 e. The van der Waals surface area contributed by atoms with Crippen molar-refractivity contribution in [1.29, 1.82) is 0 Å². The molecule has 0 aliphatic rings. The van der Waals surface area contributed by atoms with Crippen molar-refractivity contribution >= 4 is 10.4 Å². The lowest BCUT2D eigenvalue weighted by molar-refractivity contribution is -0.907. The second-order valence-corrected chi connectivity index (χ2v) is 7.99. The van der Waals surface area contributed by atoms with Crippen LogP contribution in [0.25, 0.3) is 0 Å². The predicted molar refractivity (Wildman–Crippen MR) is 105 cm³/mol. The van der Waals surface area contributed by atoms with Crippen LogP contribution in [0.5, 0.6) is 0 Å². The Bertz CT molecular complexity index is 345. The molecule has 0 aliphatic heterocycles. The van der Waals surface area contributed by atoms with Crippen LogP contribution in [0.3, 0.4) is 0 Å². The van der Waals surface area contributed by atoms with Gasteiger partial charge in [-0.05, 0) is 39.5 Å². The zero-order valence-electron chi connectivity index (χ0n) is 18.0. The molecule has 0 aromatic carbocycles. The standard InChI is InChI=1S/2C9H22N.H2O4S/c2*1-5-8-10(4,7-3)9-6-2;1-5(2,3)4/h2*5-9H2,1-4H3;(H2,1,2,3,4)/q2*+1;/p-2. The van der Waals surface area contributed by atoms with E-state index in [1.54, 1.807) is 0 Å². The van der Waals surface area contributed by atoms with E-state index in [0.29, 0.717) is 0 Å². The highest BCUT2D eigenvalue weighted by molar-refractivity contribution is 7.79. The molecule has 0 saturated carbocycles.